The van der Waals surface area contributed by atoms with E-state index in [0.29, 0.717) is 36.9 Å². The van der Waals surface area contributed by atoms with Crippen molar-refractivity contribution in [3.63, 3.8) is 0 Å². The molecule has 0 saturated heterocycles. The normalized spacial score (nSPS) is 11.9. The van der Waals surface area contributed by atoms with Crippen LogP contribution in [-0.2, 0) is 9.53 Å². The molecule has 1 unspecified atom stereocenters. The summed E-state index contributed by atoms with van der Waals surface area (Å²) < 4.78 is 17.3. The van der Waals surface area contributed by atoms with Crippen LogP contribution in [0.15, 0.2) is 65.3 Å². The highest BCUT2D eigenvalue weighted by Crippen LogP contribution is 2.42. The molecule has 0 spiro atoms. The first-order chi connectivity index (χ1) is 16.6. The molecule has 0 bridgehead atoms. The highest BCUT2D eigenvalue weighted by molar-refractivity contribution is 6.05. The second-order valence-corrected chi connectivity index (χ2v) is 7.86. The number of aromatic nitrogens is 2. The Hall–Kier alpha value is -3.91. The topological polar surface area (TPSA) is 107 Å². The van der Waals surface area contributed by atoms with Gasteiger partial charge in [0.05, 0.1) is 18.6 Å². The van der Waals surface area contributed by atoms with Crippen molar-refractivity contribution < 1.29 is 23.8 Å². The lowest BCUT2D eigenvalue weighted by Crippen LogP contribution is -2.21. The smallest absolute Gasteiger partial charge is 0.303 e. The second kappa shape index (κ2) is 10.8. The first-order valence-corrected chi connectivity index (χ1v) is 11.1. The van der Waals surface area contributed by atoms with Gasteiger partial charge in [-0.1, -0.05) is 42.5 Å². The van der Waals surface area contributed by atoms with Crippen LogP contribution in [0.1, 0.15) is 19.8 Å². The molecular weight excluding hydrogens is 434 g/mol. The van der Waals surface area contributed by atoms with Crippen molar-refractivity contribution in [1.82, 2.24) is 9.97 Å². The number of ether oxygens (including phenoxy) is 2. The SMILES string of the molecule is COc1ccc(-c2c(-c3ccccc3)oc3ncnc(NCC(C)OCCCC(=O)O)c23)cc1. The molecule has 2 heterocycles. The van der Waals surface area contributed by atoms with Crippen LogP contribution < -0.4 is 10.1 Å². The van der Waals surface area contributed by atoms with Crippen molar-refractivity contribution >= 4 is 22.9 Å². The third kappa shape index (κ3) is 5.35. The van der Waals surface area contributed by atoms with Crippen molar-refractivity contribution in [3.05, 3.63) is 60.9 Å². The summed E-state index contributed by atoms with van der Waals surface area (Å²) in [6.45, 7) is 2.81. The number of carbonyl (C=O) groups is 1. The average Bonchev–Trinajstić information content (AvgIpc) is 3.26. The van der Waals surface area contributed by atoms with Crippen LogP contribution in [0.25, 0.3) is 33.6 Å². The molecule has 2 N–H and O–H groups in total. The molecule has 0 aliphatic carbocycles. The third-order valence-electron chi connectivity index (χ3n) is 5.40. The van der Waals surface area contributed by atoms with Crippen LogP contribution in [0.3, 0.4) is 0 Å². The van der Waals surface area contributed by atoms with Gasteiger partial charge in [0.15, 0.2) is 0 Å². The van der Waals surface area contributed by atoms with E-state index >= 15 is 0 Å². The molecule has 0 aliphatic heterocycles. The number of hydrogen-bond acceptors (Lipinski definition) is 7. The number of hydrogen-bond donors (Lipinski definition) is 2. The summed E-state index contributed by atoms with van der Waals surface area (Å²) in [5.74, 6) is 1.30. The number of benzene rings is 2. The summed E-state index contributed by atoms with van der Waals surface area (Å²) in [6.07, 6.45) is 1.90. The van der Waals surface area contributed by atoms with Crippen LogP contribution in [-0.4, -0.2) is 47.4 Å². The van der Waals surface area contributed by atoms with Gasteiger partial charge in [-0.05, 0) is 31.0 Å². The second-order valence-electron chi connectivity index (χ2n) is 7.86. The molecule has 176 valence electrons. The number of carboxylic acids is 1. The molecule has 2 aromatic carbocycles. The monoisotopic (exact) mass is 461 g/mol. The van der Waals surface area contributed by atoms with Gasteiger partial charge in [-0.25, -0.2) is 9.97 Å². The van der Waals surface area contributed by atoms with Gasteiger partial charge in [0.25, 0.3) is 0 Å². The van der Waals surface area contributed by atoms with E-state index in [1.165, 1.54) is 6.33 Å². The number of nitrogens with zero attached hydrogens (tertiary/aromatic N) is 2. The van der Waals surface area contributed by atoms with E-state index in [-0.39, 0.29) is 12.5 Å². The molecule has 4 rings (SSSR count). The number of methoxy groups -OCH3 is 1. The van der Waals surface area contributed by atoms with Crippen LogP contribution >= 0.6 is 0 Å². The first-order valence-electron chi connectivity index (χ1n) is 11.1. The maximum Gasteiger partial charge on any atom is 0.303 e. The van der Waals surface area contributed by atoms with Crippen molar-refractivity contribution in [2.75, 3.05) is 25.6 Å². The molecule has 0 fully saturated rings. The molecule has 2 aromatic heterocycles. The molecule has 0 saturated carbocycles. The van der Waals surface area contributed by atoms with Crippen molar-refractivity contribution in [2.45, 2.75) is 25.9 Å². The highest BCUT2D eigenvalue weighted by atomic mass is 16.5. The maximum atomic E-state index is 10.7. The Morgan fingerprint density at radius 2 is 1.85 bits per heavy atom. The van der Waals surface area contributed by atoms with Gasteiger partial charge in [-0.2, -0.15) is 0 Å². The fourth-order valence-corrected chi connectivity index (χ4v) is 3.70. The summed E-state index contributed by atoms with van der Waals surface area (Å²) in [7, 11) is 1.64. The zero-order valence-electron chi connectivity index (χ0n) is 19.2. The van der Waals surface area contributed by atoms with Crippen molar-refractivity contribution in [1.29, 1.82) is 0 Å². The van der Waals surface area contributed by atoms with E-state index in [1.54, 1.807) is 7.11 Å². The summed E-state index contributed by atoms with van der Waals surface area (Å²) >= 11 is 0. The molecule has 0 radical (unpaired) electrons. The van der Waals surface area contributed by atoms with E-state index in [9.17, 15) is 4.79 Å². The summed E-state index contributed by atoms with van der Waals surface area (Å²) in [5, 5.41) is 12.9. The van der Waals surface area contributed by atoms with Gasteiger partial charge < -0.3 is 24.3 Å². The predicted molar refractivity (Wildman–Crippen MR) is 130 cm³/mol. The van der Waals surface area contributed by atoms with Gasteiger partial charge in [0.1, 0.15) is 23.7 Å². The molecule has 34 heavy (non-hydrogen) atoms. The van der Waals surface area contributed by atoms with Crippen LogP contribution in [0.2, 0.25) is 0 Å². The van der Waals surface area contributed by atoms with E-state index in [0.717, 1.165) is 27.8 Å². The molecule has 8 heteroatoms. The van der Waals surface area contributed by atoms with Crippen LogP contribution in [0.4, 0.5) is 5.82 Å². The van der Waals surface area contributed by atoms with Gasteiger partial charge >= 0.3 is 5.97 Å². The van der Waals surface area contributed by atoms with E-state index in [1.807, 2.05) is 61.5 Å². The minimum atomic E-state index is -0.821. The Bertz CT molecular complexity index is 1240. The van der Waals surface area contributed by atoms with E-state index in [2.05, 4.69) is 15.3 Å². The molecular formula is C26H27N3O5. The highest BCUT2D eigenvalue weighted by Gasteiger charge is 2.22. The zero-order valence-corrected chi connectivity index (χ0v) is 19.2. The van der Waals surface area contributed by atoms with Crippen LogP contribution in [0, 0.1) is 0 Å². The van der Waals surface area contributed by atoms with E-state index in [4.69, 9.17) is 19.0 Å². The van der Waals surface area contributed by atoms with Gasteiger partial charge in [0, 0.05) is 30.7 Å². The summed E-state index contributed by atoms with van der Waals surface area (Å²) in [5.41, 5.74) is 3.26. The lowest BCUT2D eigenvalue weighted by molar-refractivity contribution is -0.137. The average molecular weight is 462 g/mol. The molecule has 4 aromatic rings. The lowest BCUT2D eigenvalue weighted by Gasteiger charge is -2.15. The number of carboxylic acid groups (broad SMARTS) is 1. The number of fused-ring (bicyclic) bond motifs is 1. The summed E-state index contributed by atoms with van der Waals surface area (Å²) in [6, 6.07) is 17.7. The Morgan fingerprint density at radius 1 is 1.09 bits per heavy atom. The number of furan rings is 1. The van der Waals surface area contributed by atoms with Crippen LogP contribution in [0.5, 0.6) is 5.75 Å². The number of aliphatic carboxylic acids is 1. The van der Waals surface area contributed by atoms with Crippen molar-refractivity contribution in [3.8, 4) is 28.2 Å². The van der Waals surface area contributed by atoms with Gasteiger partial charge in [-0.3, -0.25) is 4.79 Å². The Kier molecular flexibility index (Phi) is 7.39. The zero-order chi connectivity index (χ0) is 23.9. The number of anilines is 1. The van der Waals surface area contributed by atoms with Crippen molar-refractivity contribution in [2.24, 2.45) is 0 Å². The van der Waals surface area contributed by atoms with Gasteiger partial charge in [0.2, 0.25) is 5.71 Å². The standard InChI is InChI=1S/C26H27N3O5/c1-17(33-14-6-9-21(30)31)15-27-25-23-22(18-10-12-20(32-2)13-11-18)24(19-7-4-3-5-8-19)34-26(23)29-16-28-25/h3-5,7-8,10-13,16-17H,6,9,14-15H2,1-2H3,(H,30,31)(H,27,28,29). The lowest BCUT2D eigenvalue weighted by atomic mass is 9.99. The quantitative estimate of drug-likeness (QED) is 0.292. The Balaban J connectivity index is 1.67. The molecule has 0 aliphatic rings. The van der Waals surface area contributed by atoms with E-state index < -0.39 is 5.97 Å². The molecule has 0 amide bonds. The Morgan fingerprint density at radius 3 is 2.56 bits per heavy atom. The van der Waals surface area contributed by atoms with Gasteiger partial charge in [-0.15, -0.1) is 0 Å². The maximum absolute atomic E-state index is 10.7. The third-order valence-corrected chi connectivity index (χ3v) is 5.40. The number of nitrogens with one attached hydrogen (secondary N) is 1. The fraction of sp³-hybridized carbons (Fsp3) is 0.269. The fourth-order valence-electron chi connectivity index (χ4n) is 3.70. The largest absolute Gasteiger partial charge is 0.497 e. The minimum absolute atomic E-state index is 0.0924. The molecule has 8 nitrogen and oxygen atoms in total. The Labute approximate surface area is 197 Å². The first kappa shape index (κ1) is 23.3. The molecule has 1 atom stereocenters. The predicted octanol–water partition coefficient (Wildman–Crippen LogP) is 5.25. The number of rotatable bonds is 11. The summed E-state index contributed by atoms with van der Waals surface area (Å²) in [4.78, 5) is 19.5. The minimum Gasteiger partial charge on any atom is -0.497 e.